The molecule has 0 unspecified atom stereocenters. The Balaban J connectivity index is 0.000000145. The molecule has 7 heteroatoms. The van der Waals surface area contributed by atoms with Crippen molar-refractivity contribution < 1.29 is 4.42 Å². The zero-order valence-corrected chi connectivity index (χ0v) is 60.9. The van der Waals surface area contributed by atoms with Gasteiger partial charge in [-0.25, -0.2) is 19.9 Å². The van der Waals surface area contributed by atoms with E-state index in [-0.39, 0.29) is 0 Å². The van der Waals surface area contributed by atoms with E-state index in [2.05, 4.69) is 398 Å². The number of furan rings is 1. The first kappa shape index (κ1) is 65.4. The van der Waals surface area contributed by atoms with Crippen LogP contribution >= 0.6 is 0 Å². The Hall–Kier alpha value is -14.9. The van der Waals surface area contributed by atoms with Crippen molar-refractivity contribution in [2.75, 3.05) is 9.80 Å². The number of hydrogen-bond donors (Lipinski definition) is 0. The van der Waals surface area contributed by atoms with E-state index in [1.54, 1.807) is 0 Å². The molecular weight excluding hydrogens is 1360 g/mol. The lowest BCUT2D eigenvalue weighted by atomic mass is 9.67. The number of anilines is 6. The summed E-state index contributed by atoms with van der Waals surface area (Å²) in [6, 6.07) is 148. The molecule has 0 amide bonds. The molecule has 7 nitrogen and oxygen atoms in total. The molecule has 0 fully saturated rings. The maximum atomic E-state index is 6.36. The van der Waals surface area contributed by atoms with E-state index >= 15 is 0 Å². The number of fused-ring (bicyclic) bond motifs is 34. The van der Waals surface area contributed by atoms with Gasteiger partial charge in [-0.3, -0.25) is 0 Å². The van der Waals surface area contributed by atoms with Crippen LogP contribution in [0.4, 0.5) is 34.1 Å². The van der Waals surface area contributed by atoms with Gasteiger partial charge in [-0.1, -0.05) is 291 Å². The number of benzene rings is 16. The molecular formula is C105H68N6O. The number of para-hydroxylation sites is 1. The lowest BCUT2D eigenvalue weighted by Crippen LogP contribution is -2.28. The first-order valence-electron chi connectivity index (χ1n) is 38.0. The van der Waals surface area contributed by atoms with Crippen LogP contribution in [0, 0.1) is 0 Å². The molecule has 0 N–H and O–H groups in total. The molecule has 0 radical (unpaired) electrons. The Morgan fingerprint density at radius 3 is 0.991 bits per heavy atom. The highest BCUT2D eigenvalue weighted by Gasteiger charge is 2.46. The zero-order valence-electron chi connectivity index (χ0n) is 60.9. The summed E-state index contributed by atoms with van der Waals surface area (Å²) in [6.07, 6.45) is 0. The standard InChI is InChI=1S/C59H39N3.C46H29N3O/c1-4-16-40(17-5-1)56-39-57-45-22-12-18-41(34-45)43-20-14-28-49(36-43)62(50-29-15-21-44(37-50)42-19-13-23-46(35-42)58(60-56)61-57)51-32-33-53-52-30-10-11-31-54(52)59(55(53)38-51,47-24-6-2-7-25-47)48-26-8-3-9-27-48;1-2-10-30(11-3-1)42-29-43-35-16-6-12-31(24-35)33-14-8-18-37(26-33)49(39-22-23-41-40-20-4-5-21-44(40)50-45(41)28-39)38-19-9-15-34(27-38)32-13-7-17-36(25-32)46(47-42)48-43/h1-39H;1-29H. The van der Waals surface area contributed by atoms with Crippen LogP contribution in [0.5, 0.6) is 0 Å². The summed E-state index contributed by atoms with van der Waals surface area (Å²) in [5.74, 6) is 1.39. The largest absolute Gasteiger partial charge is 0.456 e. The van der Waals surface area contributed by atoms with Gasteiger partial charge in [0.1, 0.15) is 11.2 Å². The van der Waals surface area contributed by atoms with Crippen molar-refractivity contribution in [2.24, 2.45) is 0 Å². The summed E-state index contributed by atoms with van der Waals surface area (Å²) in [4.78, 5) is 25.4. The van der Waals surface area contributed by atoms with Crippen LogP contribution in [0.1, 0.15) is 22.3 Å². The van der Waals surface area contributed by atoms with Crippen LogP contribution in [0.25, 0.3) is 145 Å². The molecule has 20 bridgehead atoms. The van der Waals surface area contributed by atoms with Crippen molar-refractivity contribution in [1.29, 1.82) is 0 Å². The van der Waals surface area contributed by atoms with Crippen molar-refractivity contribution >= 4 is 56.1 Å². The fraction of sp³-hybridized carbons (Fsp3) is 0.00952. The quantitative estimate of drug-likeness (QED) is 0.164. The van der Waals surface area contributed by atoms with Gasteiger partial charge in [0.2, 0.25) is 0 Å². The summed E-state index contributed by atoms with van der Waals surface area (Å²) in [6.45, 7) is 0. The number of nitrogens with zero attached hydrogens (tertiary/aromatic N) is 6. The summed E-state index contributed by atoms with van der Waals surface area (Å²) in [7, 11) is 0. The molecule has 5 heterocycles. The molecule has 3 aromatic heterocycles. The highest BCUT2D eigenvalue weighted by molar-refractivity contribution is 6.06. The molecule has 22 rings (SSSR count). The van der Waals surface area contributed by atoms with E-state index in [1.165, 1.54) is 33.4 Å². The van der Waals surface area contributed by atoms with Gasteiger partial charge in [0.05, 0.1) is 28.2 Å². The first-order valence-corrected chi connectivity index (χ1v) is 38.0. The fourth-order valence-electron chi connectivity index (χ4n) is 17.0. The number of hydrogen-bond acceptors (Lipinski definition) is 7. The van der Waals surface area contributed by atoms with Gasteiger partial charge in [-0.2, -0.15) is 0 Å². The molecule has 1 aliphatic carbocycles. The van der Waals surface area contributed by atoms with Crippen LogP contribution in [0.2, 0.25) is 0 Å². The van der Waals surface area contributed by atoms with E-state index in [1.807, 2.05) is 24.3 Å². The lowest BCUT2D eigenvalue weighted by Gasteiger charge is -2.35. The Morgan fingerprint density at radius 1 is 0.196 bits per heavy atom. The van der Waals surface area contributed by atoms with Gasteiger partial charge < -0.3 is 14.2 Å². The summed E-state index contributed by atoms with van der Waals surface area (Å²) in [5, 5.41) is 2.23. The zero-order chi connectivity index (χ0) is 74.1. The lowest BCUT2D eigenvalue weighted by molar-refractivity contribution is 0.669. The van der Waals surface area contributed by atoms with Crippen molar-refractivity contribution in [3.05, 3.63) is 435 Å². The second kappa shape index (κ2) is 27.4. The average molecular weight is 1430 g/mol. The maximum absolute atomic E-state index is 6.36. The van der Waals surface area contributed by atoms with Crippen molar-refractivity contribution in [1.82, 2.24) is 19.9 Å². The summed E-state index contributed by atoms with van der Waals surface area (Å²) < 4.78 is 6.36. The van der Waals surface area contributed by atoms with E-state index in [0.29, 0.717) is 11.6 Å². The number of rotatable bonds is 6. The maximum Gasteiger partial charge on any atom is 0.160 e. The Labute approximate surface area is 649 Å². The normalized spacial score (nSPS) is 12.5. The molecule has 0 atom stereocenters. The predicted molar refractivity (Wildman–Crippen MR) is 459 cm³/mol. The summed E-state index contributed by atoms with van der Waals surface area (Å²) >= 11 is 0. The molecule has 16 aromatic carbocycles. The third kappa shape index (κ3) is 11.6. The van der Waals surface area contributed by atoms with Gasteiger partial charge >= 0.3 is 0 Å². The highest BCUT2D eigenvalue weighted by Crippen LogP contribution is 2.58. The van der Waals surface area contributed by atoms with Crippen LogP contribution < -0.4 is 9.80 Å². The Morgan fingerprint density at radius 2 is 0.518 bits per heavy atom. The van der Waals surface area contributed by atoms with Crippen molar-refractivity contribution in [3.8, 4) is 123 Å². The molecule has 3 aliphatic rings. The molecule has 524 valence electrons. The minimum atomic E-state index is -0.521. The fourth-order valence-corrected chi connectivity index (χ4v) is 17.0. The van der Waals surface area contributed by atoms with Crippen LogP contribution in [0.15, 0.2) is 417 Å². The first-order chi connectivity index (χ1) is 55.4. The van der Waals surface area contributed by atoms with Crippen LogP contribution in [-0.2, 0) is 5.41 Å². The van der Waals surface area contributed by atoms with Gasteiger partial charge in [-0.15, -0.1) is 0 Å². The Bertz CT molecular complexity index is 6600. The van der Waals surface area contributed by atoms with Crippen molar-refractivity contribution in [3.63, 3.8) is 0 Å². The minimum Gasteiger partial charge on any atom is -0.456 e. The second-order valence-electron chi connectivity index (χ2n) is 28.9. The third-order valence-corrected chi connectivity index (χ3v) is 22.2. The second-order valence-corrected chi connectivity index (χ2v) is 28.9. The smallest absolute Gasteiger partial charge is 0.160 e. The van der Waals surface area contributed by atoms with Gasteiger partial charge in [0.15, 0.2) is 11.6 Å². The van der Waals surface area contributed by atoms with E-state index in [9.17, 15) is 0 Å². The minimum absolute atomic E-state index is 0.521. The number of aromatic nitrogens is 4. The molecule has 2 aliphatic heterocycles. The van der Waals surface area contributed by atoms with Crippen LogP contribution in [0.3, 0.4) is 0 Å². The SMILES string of the molecule is c1ccc(-c2cc3nc(n2)-c2cccc(c2)-c2cccc(c2)N(c2ccc4c(c2)C(c2ccccc2)(c2ccccc2)c2ccccc2-4)c2cccc(c2)-c2cccc-3c2)cc1.c1ccc(-c2cc3nc(n2)-c2cccc(c2)-c2cccc(c2)N(c2ccc4c(c2)oc2ccccc24)c2cccc(c2)-c2cccc-3c2)cc1. The van der Waals surface area contributed by atoms with Gasteiger partial charge in [0.25, 0.3) is 0 Å². The topological polar surface area (TPSA) is 71.2 Å². The van der Waals surface area contributed by atoms with Crippen LogP contribution in [-0.4, -0.2) is 19.9 Å². The van der Waals surface area contributed by atoms with Crippen molar-refractivity contribution in [2.45, 2.75) is 5.41 Å². The molecule has 112 heavy (non-hydrogen) atoms. The average Bonchev–Trinajstić information content (AvgIpc) is 1.53. The molecule has 0 saturated heterocycles. The molecule has 19 aromatic rings. The predicted octanol–water partition coefficient (Wildman–Crippen LogP) is 27.5. The van der Waals surface area contributed by atoms with E-state index in [0.717, 1.165) is 157 Å². The molecule has 0 spiro atoms. The van der Waals surface area contributed by atoms with Gasteiger partial charge in [0, 0.05) is 84.3 Å². The summed E-state index contributed by atoms with van der Waals surface area (Å²) in [5.41, 5.74) is 33.7. The van der Waals surface area contributed by atoms with E-state index in [4.69, 9.17) is 24.4 Å². The molecule has 0 saturated carbocycles. The highest BCUT2D eigenvalue weighted by atomic mass is 16.3. The van der Waals surface area contributed by atoms with Gasteiger partial charge in [-0.05, 0) is 193 Å². The monoisotopic (exact) mass is 1430 g/mol. The Kier molecular flexibility index (Phi) is 16.0. The third-order valence-electron chi connectivity index (χ3n) is 22.2. The van der Waals surface area contributed by atoms with E-state index < -0.39 is 5.41 Å².